The van der Waals surface area contributed by atoms with Gasteiger partial charge in [-0.05, 0) is 12.0 Å². The van der Waals surface area contributed by atoms with Crippen LogP contribution >= 0.6 is 0 Å². The van der Waals surface area contributed by atoms with E-state index in [1.165, 1.54) is 0 Å². The van der Waals surface area contributed by atoms with Gasteiger partial charge in [0.2, 0.25) is 5.88 Å². The lowest BCUT2D eigenvalue weighted by atomic mass is 10.0. The first-order valence-electron chi connectivity index (χ1n) is 8.43. The van der Waals surface area contributed by atoms with Crippen LogP contribution in [-0.4, -0.2) is 61.9 Å². The molecule has 7 heteroatoms. The number of rotatable bonds is 7. The van der Waals surface area contributed by atoms with E-state index in [1.807, 2.05) is 12.1 Å². The first kappa shape index (κ1) is 18.5. The van der Waals surface area contributed by atoms with E-state index in [0.717, 1.165) is 31.9 Å². The lowest BCUT2D eigenvalue weighted by molar-refractivity contribution is 0.00719. The van der Waals surface area contributed by atoms with E-state index in [1.54, 1.807) is 13.3 Å². The molecule has 1 atom stereocenters. The molecule has 2 amide bonds. The lowest BCUT2D eigenvalue weighted by Crippen LogP contribution is -2.52. The number of nitrogens with one attached hydrogen (secondary N) is 2. The molecule has 1 aromatic rings. The second kappa shape index (κ2) is 9.44. The summed E-state index contributed by atoms with van der Waals surface area (Å²) in [5.41, 5.74) is 0.851. The van der Waals surface area contributed by atoms with Crippen LogP contribution in [0.1, 0.15) is 19.4 Å². The Balaban J connectivity index is 1.80. The van der Waals surface area contributed by atoms with Gasteiger partial charge in [0.15, 0.2) is 0 Å². The summed E-state index contributed by atoms with van der Waals surface area (Å²) in [6.07, 6.45) is 1.66. The number of methoxy groups -OCH3 is 1. The van der Waals surface area contributed by atoms with Crippen LogP contribution in [0.3, 0.4) is 0 Å². The number of amides is 2. The van der Waals surface area contributed by atoms with E-state index in [-0.39, 0.29) is 6.03 Å². The maximum Gasteiger partial charge on any atom is 0.315 e. The molecular formula is C17H28N4O3. The summed E-state index contributed by atoms with van der Waals surface area (Å²) in [6, 6.07) is 3.84. The number of morpholine rings is 1. The summed E-state index contributed by atoms with van der Waals surface area (Å²) in [5, 5.41) is 5.83. The largest absolute Gasteiger partial charge is 0.481 e. The van der Waals surface area contributed by atoms with Crippen molar-refractivity contribution in [1.82, 2.24) is 20.5 Å². The molecule has 0 saturated carbocycles. The van der Waals surface area contributed by atoms with E-state index in [0.29, 0.717) is 30.9 Å². The average molecular weight is 336 g/mol. The summed E-state index contributed by atoms with van der Waals surface area (Å²) in [5.74, 6) is 0.994. The number of hydrogen-bond donors (Lipinski definition) is 2. The number of carbonyl (C=O) groups is 1. The molecule has 0 aromatic carbocycles. The normalized spacial score (nSPS) is 16.7. The third-order valence-electron chi connectivity index (χ3n) is 4.24. The molecule has 1 saturated heterocycles. The Bertz CT molecular complexity index is 518. The fourth-order valence-corrected chi connectivity index (χ4v) is 2.87. The molecule has 0 bridgehead atoms. The first-order chi connectivity index (χ1) is 11.6. The Kier molecular flexibility index (Phi) is 7.27. The zero-order valence-electron chi connectivity index (χ0n) is 14.7. The molecule has 1 fully saturated rings. The fourth-order valence-electron chi connectivity index (χ4n) is 2.87. The standard InChI is InChI=1S/C17H28N4O3/c1-13(2)15(21-7-9-24-10-8-21)12-20-17(22)19-11-14-5-4-6-18-16(14)23-3/h4-6,13,15H,7-12H2,1-3H3,(H2,19,20,22)/t15-/m0/s1. The van der Waals surface area contributed by atoms with Gasteiger partial charge in [-0.2, -0.15) is 0 Å². The number of pyridine rings is 1. The molecule has 2 rings (SSSR count). The summed E-state index contributed by atoms with van der Waals surface area (Å²) in [4.78, 5) is 18.6. The van der Waals surface area contributed by atoms with Gasteiger partial charge >= 0.3 is 6.03 Å². The zero-order valence-corrected chi connectivity index (χ0v) is 14.7. The van der Waals surface area contributed by atoms with E-state index in [4.69, 9.17) is 9.47 Å². The van der Waals surface area contributed by atoms with Crippen LogP contribution in [0, 0.1) is 5.92 Å². The fraction of sp³-hybridized carbons (Fsp3) is 0.647. The number of urea groups is 1. The number of aromatic nitrogens is 1. The Labute approximate surface area is 143 Å². The van der Waals surface area contributed by atoms with E-state index >= 15 is 0 Å². The van der Waals surface area contributed by atoms with Gasteiger partial charge in [0, 0.05) is 44.0 Å². The van der Waals surface area contributed by atoms with Crippen molar-refractivity contribution in [1.29, 1.82) is 0 Å². The first-order valence-corrected chi connectivity index (χ1v) is 8.43. The molecule has 0 spiro atoms. The van der Waals surface area contributed by atoms with Crippen LogP contribution in [0.15, 0.2) is 18.3 Å². The molecule has 0 unspecified atom stereocenters. The van der Waals surface area contributed by atoms with Gasteiger partial charge in [0.05, 0.1) is 20.3 Å². The van der Waals surface area contributed by atoms with Crippen molar-refractivity contribution in [2.75, 3.05) is 40.0 Å². The van der Waals surface area contributed by atoms with Gasteiger partial charge in [-0.15, -0.1) is 0 Å². The molecular weight excluding hydrogens is 308 g/mol. The predicted molar refractivity (Wildman–Crippen MR) is 92.0 cm³/mol. The van der Waals surface area contributed by atoms with E-state index < -0.39 is 0 Å². The molecule has 0 radical (unpaired) electrons. The average Bonchev–Trinajstić information content (AvgIpc) is 2.61. The maximum absolute atomic E-state index is 12.1. The Hall–Kier alpha value is -1.86. The summed E-state index contributed by atoms with van der Waals surface area (Å²) < 4.78 is 10.6. The van der Waals surface area contributed by atoms with Crippen molar-refractivity contribution in [2.45, 2.75) is 26.4 Å². The Morgan fingerprint density at radius 2 is 2.12 bits per heavy atom. The van der Waals surface area contributed by atoms with Crippen LogP contribution in [-0.2, 0) is 11.3 Å². The van der Waals surface area contributed by atoms with Crippen LogP contribution in [0.5, 0.6) is 5.88 Å². The summed E-state index contributed by atoms with van der Waals surface area (Å²) in [6.45, 7) is 8.71. The van der Waals surface area contributed by atoms with Gasteiger partial charge in [-0.1, -0.05) is 19.9 Å². The van der Waals surface area contributed by atoms with Crippen LogP contribution in [0.4, 0.5) is 4.79 Å². The van der Waals surface area contributed by atoms with Crippen molar-refractivity contribution in [3.05, 3.63) is 23.9 Å². The number of ether oxygens (including phenoxy) is 2. The van der Waals surface area contributed by atoms with Gasteiger partial charge in [0.25, 0.3) is 0 Å². The van der Waals surface area contributed by atoms with Gasteiger partial charge in [-0.25, -0.2) is 9.78 Å². The van der Waals surface area contributed by atoms with Crippen LogP contribution in [0.25, 0.3) is 0 Å². The van der Waals surface area contributed by atoms with E-state index in [2.05, 4.69) is 34.4 Å². The van der Waals surface area contributed by atoms with Gasteiger partial charge in [-0.3, -0.25) is 4.90 Å². The molecule has 2 heterocycles. The van der Waals surface area contributed by atoms with E-state index in [9.17, 15) is 4.79 Å². The van der Waals surface area contributed by atoms with Crippen molar-refractivity contribution < 1.29 is 14.3 Å². The molecule has 134 valence electrons. The van der Waals surface area contributed by atoms with Crippen molar-refractivity contribution in [3.63, 3.8) is 0 Å². The third kappa shape index (κ3) is 5.35. The topological polar surface area (TPSA) is 75.7 Å². The maximum atomic E-state index is 12.1. The lowest BCUT2D eigenvalue weighted by Gasteiger charge is -2.36. The monoisotopic (exact) mass is 336 g/mol. The minimum absolute atomic E-state index is 0.181. The molecule has 1 aromatic heterocycles. The molecule has 7 nitrogen and oxygen atoms in total. The van der Waals surface area contributed by atoms with Gasteiger partial charge < -0.3 is 20.1 Å². The number of carbonyl (C=O) groups excluding carboxylic acids is 1. The smallest absolute Gasteiger partial charge is 0.315 e. The molecule has 2 N–H and O–H groups in total. The third-order valence-corrected chi connectivity index (χ3v) is 4.24. The second-order valence-corrected chi connectivity index (χ2v) is 6.20. The number of hydrogen-bond acceptors (Lipinski definition) is 5. The highest BCUT2D eigenvalue weighted by atomic mass is 16.5. The molecule has 0 aliphatic carbocycles. The Morgan fingerprint density at radius 3 is 2.79 bits per heavy atom. The summed E-state index contributed by atoms with van der Waals surface area (Å²) >= 11 is 0. The van der Waals surface area contributed by atoms with Crippen molar-refractivity contribution >= 4 is 6.03 Å². The number of nitrogens with zero attached hydrogens (tertiary/aromatic N) is 2. The SMILES string of the molecule is COc1ncccc1CNC(=O)NC[C@@H](C(C)C)N1CCOCC1. The van der Waals surface area contributed by atoms with Crippen molar-refractivity contribution in [2.24, 2.45) is 5.92 Å². The van der Waals surface area contributed by atoms with Crippen LogP contribution < -0.4 is 15.4 Å². The minimum atomic E-state index is -0.181. The highest BCUT2D eigenvalue weighted by Crippen LogP contribution is 2.13. The summed E-state index contributed by atoms with van der Waals surface area (Å²) in [7, 11) is 1.57. The van der Waals surface area contributed by atoms with Gasteiger partial charge in [0.1, 0.15) is 0 Å². The second-order valence-electron chi connectivity index (χ2n) is 6.20. The zero-order chi connectivity index (χ0) is 17.4. The molecule has 1 aliphatic heterocycles. The highest BCUT2D eigenvalue weighted by Gasteiger charge is 2.24. The highest BCUT2D eigenvalue weighted by molar-refractivity contribution is 5.73. The van der Waals surface area contributed by atoms with Crippen LogP contribution in [0.2, 0.25) is 0 Å². The molecule has 1 aliphatic rings. The Morgan fingerprint density at radius 1 is 1.38 bits per heavy atom. The minimum Gasteiger partial charge on any atom is -0.481 e. The molecule has 24 heavy (non-hydrogen) atoms. The predicted octanol–water partition coefficient (Wildman–Crippen LogP) is 1.25. The van der Waals surface area contributed by atoms with Crippen molar-refractivity contribution in [3.8, 4) is 5.88 Å². The quantitative estimate of drug-likeness (QED) is 0.784.